The first-order chi connectivity index (χ1) is 6.67. The molecule has 0 aromatic carbocycles. The molecule has 0 N–H and O–H groups in total. The molecule has 0 aliphatic carbocycles. The molecular weight excluding hydrogens is 174 g/mol. The van der Waals surface area contributed by atoms with Gasteiger partial charge in [0, 0.05) is 18.7 Å². The first-order valence-corrected chi connectivity index (χ1v) is 4.85. The van der Waals surface area contributed by atoms with Gasteiger partial charge in [-0.05, 0) is 13.3 Å². The molecule has 0 fully saturated rings. The van der Waals surface area contributed by atoms with Crippen LogP contribution in [0.3, 0.4) is 0 Å². The largest absolute Gasteiger partial charge is 0.332 e. The Morgan fingerprint density at radius 1 is 1.29 bits per heavy atom. The van der Waals surface area contributed by atoms with Gasteiger partial charge in [0.2, 0.25) is 5.91 Å². The second kappa shape index (κ2) is 7.13. The molecule has 0 heterocycles. The first kappa shape index (κ1) is 12.7. The van der Waals surface area contributed by atoms with Crippen LogP contribution in [-0.4, -0.2) is 23.9 Å². The van der Waals surface area contributed by atoms with E-state index >= 15 is 0 Å². The molecule has 0 atom stereocenters. The molecule has 0 aromatic rings. The van der Waals surface area contributed by atoms with Gasteiger partial charge in [0.1, 0.15) is 0 Å². The van der Waals surface area contributed by atoms with E-state index in [1.807, 2.05) is 19.9 Å². The Morgan fingerprint density at radius 2 is 1.79 bits per heavy atom. The number of carbonyl (C=O) groups excluding carboxylic acids is 1. The number of nitrogens with zero attached hydrogens (tertiary/aromatic N) is 1. The minimum atomic E-state index is 0.0617. The quantitative estimate of drug-likeness (QED) is 0.469. The standard InChI is InChI=1S/C12H19NO/c1-5-8-11(4)12(14)13(9-6-2)10-7-3/h6-8H,2-3,5,9-10H2,1,4H3/b11-8+. The number of rotatable bonds is 6. The minimum absolute atomic E-state index is 0.0617. The average molecular weight is 193 g/mol. The maximum atomic E-state index is 11.8. The molecule has 0 saturated carbocycles. The Morgan fingerprint density at radius 3 is 2.14 bits per heavy atom. The molecule has 0 unspecified atom stereocenters. The van der Waals surface area contributed by atoms with E-state index in [0.29, 0.717) is 13.1 Å². The van der Waals surface area contributed by atoms with Crippen molar-refractivity contribution in [3.8, 4) is 0 Å². The molecule has 0 aliphatic rings. The predicted octanol–water partition coefficient (Wildman–Crippen LogP) is 2.54. The second-order valence-electron chi connectivity index (χ2n) is 3.08. The van der Waals surface area contributed by atoms with Crippen molar-refractivity contribution in [2.75, 3.05) is 13.1 Å². The predicted molar refractivity (Wildman–Crippen MR) is 61.0 cm³/mol. The Labute approximate surface area is 86.6 Å². The molecule has 0 radical (unpaired) electrons. The smallest absolute Gasteiger partial charge is 0.249 e. The lowest BCUT2D eigenvalue weighted by atomic mass is 10.2. The summed E-state index contributed by atoms with van der Waals surface area (Å²) in [7, 11) is 0. The van der Waals surface area contributed by atoms with Crippen LogP contribution in [0.5, 0.6) is 0 Å². The zero-order valence-corrected chi connectivity index (χ0v) is 9.12. The van der Waals surface area contributed by atoms with Crippen LogP contribution in [0, 0.1) is 0 Å². The molecule has 0 aromatic heterocycles. The molecule has 0 bridgehead atoms. The first-order valence-electron chi connectivity index (χ1n) is 4.85. The molecule has 0 spiro atoms. The third-order valence-electron chi connectivity index (χ3n) is 1.83. The van der Waals surface area contributed by atoms with Gasteiger partial charge >= 0.3 is 0 Å². The van der Waals surface area contributed by atoms with Crippen molar-refractivity contribution in [2.45, 2.75) is 20.3 Å². The highest BCUT2D eigenvalue weighted by molar-refractivity contribution is 5.93. The van der Waals surface area contributed by atoms with Crippen molar-refractivity contribution in [3.63, 3.8) is 0 Å². The summed E-state index contributed by atoms with van der Waals surface area (Å²) in [5.41, 5.74) is 0.788. The molecule has 14 heavy (non-hydrogen) atoms. The number of hydrogen-bond donors (Lipinski definition) is 0. The summed E-state index contributed by atoms with van der Waals surface area (Å²) in [6, 6.07) is 0. The average Bonchev–Trinajstić information content (AvgIpc) is 2.17. The van der Waals surface area contributed by atoms with Crippen molar-refractivity contribution in [3.05, 3.63) is 37.0 Å². The Balaban J connectivity index is 4.48. The number of carbonyl (C=O) groups is 1. The van der Waals surface area contributed by atoms with Gasteiger partial charge in [-0.25, -0.2) is 0 Å². The number of allylic oxidation sites excluding steroid dienone is 1. The Hall–Kier alpha value is -1.31. The number of amides is 1. The zero-order chi connectivity index (χ0) is 11.0. The van der Waals surface area contributed by atoms with Crippen LogP contribution in [0.4, 0.5) is 0 Å². The summed E-state index contributed by atoms with van der Waals surface area (Å²) in [5, 5.41) is 0. The van der Waals surface area contributed by atoms with Crippen LogP contribution >= 0.6 is 0 Å². The summed E-state index contributed by atoms with van der Waals surface area (Å²) in [5.74, 6) is 0.0617. The summed E-state index contributed by atoms with van der Waals surface area (Å²) >= 11 is 0. The van der Waals surface area contributed by atoms with Crippen LogP contribution < -0.4 is 0 Å². The van der Waals surface area contributed by atoms with Crippen LogP contribution in [0.15, 0.2) is 37.0 Å². The van der Waals surface area contributed by atoms with Crippen LogP contribution in [-0.2, 0) is 4.79 Å². The molecule has 0 saturated heterocycles. The lowest BCUT2D eigenvalue weighted by molar-refractivity contribution is -0.126. The third-order valence-corrected chi connectivity index (χ3v) is 1.83. The van der Waals surface area contributed by atoms with Gasteiger partial charge in [-0.3, -0.25) is 4.79 Å². The highest BCUT2D eigenvalue weighted by atomic mass is 16.2. The maximum absolute atomic E-state index is 11.8. The van der Waals surface area contributed by atoms with Crippen molar-refractivity contribution in [1.82, 2.24) is 4.90 Å². The van der Waals surface area contributed by atoms with E-state index in [0.717, 1.165) is 12.0 Å². The Bertz CT molecular complexity index is 231. The number of hydrogen-bond acceptors (Lipinski definition) is 1. The van der Waals surface area contributed by atoms with Crippen molar-refractivity contribution < 1.29 is 4.79 Å². The third kappa shape index (κ3) is 4.08. The molecule has 0 aliphatic heterocycles. The van der Waals surface area contributed by atoms with Crippen molar-refractivity contribution in [1.29, 1.82) is 0 Å². The maximum Gasteiger partial charge on any atom is 0.249 e. The van der Waals surface area contributed by atoms with E-state index in [1.54, 1.807) is 17.1 Å². The topological polar surface area (TPSA) is 20.3 Å². The molecule has 2 nitrogen and oxygen atoms in total. The highest BCUT2D eigenvalue weighted by Crippen LogP contribution is 2.02. The van der Waals surface area contributed by atoms with Crippen LogP contribution in [0.1, 0.15) is 20.3 Å². The van der Waals surface area contributed by atoms with Gasteiger partial charge in [-0.15, -0.1) is 13.2 Å². The fraction of sp³-hybridized carbons (Fsp3) is 0.417. The zero-order valence-electron chi connectivity index (χ0n) is 9.12. The normalized spacial score (nSPS) is 10.9. The lowest BCUT2D eigenvalue weighted by Gasteiger charge is -2.19. The van der Waals surface area contributed by atoms with Gasteiger partial charge in [0.05, 0.1) is 0 Å². The molecule has 1 amide bonds. The van der Waals surface area contributed by atoms with Crippen molar-refractivity contribution >= 4 is 5.91 Å². The SMILES string of the molecule is C=CCN(CC=C)C(=O)/C(C)=C/CC. The Kier molecular flexibility index (Phi) is 6.46. The lowest BCUT2D eigenvalue weighted by Crippen LogP contribution is -2.31. The van der Waals surface area contributed by atoms with Crippen LogP contribution in [0.2, 0.25) is 0 Å². The minimum Gasteiger partial charge on any atom is -0.332 e. The molecule has 0 rings (SSSR count). The van der Waals surface area contributed by atoms with Gasteiger partial charge in [-0.1, -0.05) is 25.2 Å². The molecular formula is C12H19NO. The summed E-state index contributed by atoms with van der Waals surface area (Å²) in [6.07, 6.45) is 6.26. The van der Waals surface area contributed by atoms with E-state index in [2.05, 4.69) is 13.2 Å². The molecule has 2 heteroatoms. The molecule has 78 valence electrons. The fourth-order valence-corrected chi connectivity index (χ4v) is 1.19. The van der Waals surface area contributed by atoms with Gasteiger partial charge < -0.3 is 4.90 Å². The van der Waals surface area contributed by atoms with Crippen LogP contribution in [0.25, 0.3) is 0 Å². The highest BCUT2D eigenvalue weighted by Gasteiger charge is 2.11. The van der Waals surface area contributed by atoms with Gasteiger partial charge in [-0.2, -0.15) is 0 Å². The van der Waals surface area contributed by atoms with E-state index in [-0.39, 0.29) is 5.91 Å². The van der Waals surface area contributed by atoms with Gasteiger partial charge in [0.25, 0.3) is 0 Å². The van der Waals surface area contributed by atoms with E-state index < -0.39 is 0 Å². The summed E-state index contributed by atoms with van der Waals surface area (Å²) in [4.78, 5) is 13.5. The summed E-state index contributed by atoms with van der Waals surface area (Å²) in [6.45, 7) is 12.2. The van der Waals surface area contributed by atoms with Gasteiger partial charge in [0.15, 0.2) is 0 Å². The summed E-state index contributed by atoms with van der Waals surface area (Å²) < 4.78 is 0. The fourth-order valence-electron chi connectivity index (χ4n) is 1.19. The monoisotopic (exact) mass is 193 g/mol. The van der Waals surface area contributed by atoms with E-state index in [1.165, 1.54) is 0 Å². The van der Waals surface area contributed by atoms with Crippen molar-refractivity contribution in [2.24, 2.45) is 0 Å². The van der Waals surface area contributed by atoms with E-state index in [4.69, 9.17) is 0 Å². The van der Waals surface area contributed by atoms with E-state index in [9.17, 15) is 4.79 Å². The second-order valence-corrected chi connectivity index (χ2v) is 3.08.